The largest absolute Gasteiger partial charge is 0.344 e. The summed E-state index contributed by atoms with van der Waals surface area (Å²) in [4.78, 5) is 24.1. The molecule has 2 aliphatic heterocycles. The molecule has 1 aromatic rings. The van der Waals surface area contributed by atoms with E-state index in [0.717, 1.165) is 10.8 Å². The molecule has 8 nitrogen and oxygen atoms in total. The molecule has 1 saturated heterocycles. The highest BCUT2D eigenvalue weighted by molar-refractivity contribution is 5.87. The molecule has 1 unspecified atom stereocenters. The SMILES string of the molecule is CC(=O)Nc1ccn(C2=CC3CN(C2)C(=O)N3O)n1. The van der Waals surface area contributed by atoms with Gasteiger partial charge < -0.3 is 10.2 Å². The number of carbonyl (C=O) groups is 2. The monoisotopic (exact) mass is 263 g/mol. The molecule has 2 aliphatic rings. The number of nitrogens with zero attached hydrogens (tertiary/aromatic N) is 4. The number of aromatic nitrogens is 2. The van der Waals surface area contributed by atoms with Gasteiger partial charge in [-0.2, -0.15) is 10.2 Å². The Morgan fingerprint density at radius 3 is 3.05 bits per heavy atom. The number of anilines is 1. The Kier molecular flexibility index (Phi) is 2.53. The lowest BCUT2D eigenvalue weighted by atomic mass is 10.2. The van der Waals surface area contributed by atoms with Crippen LogP contribution in [0.5, 0.6) is 0 Å². The second-order valence-electron chi connectivity index (χ2n) is 4.56. The second kappa shape index (κ2) is 4.09. The molecule has 2 bridgehead atoms. The maximum atomic E-state index is 11.6. The second-order valence-corrected chi connectivity index (χ2v) is 4.56. The molecule has 3 amide bonds. The van der Waals surface area contributed by atoms with Gasteiger partial charge in [-0.05, 0) is 6.08 Å². The van der Waals surface area contributed by atoms with Gasteiger partial charge >= 0.3 is 6.03 Å². The Labute approximate surface area is 108 Å². The van der Waals surface area contributed by atoms with Gasteiger partial charge in [0.05, 0.1) is 18.3 Å². The molecule has 3 heterocycles. The average Bonchev–Trinajstić information content (AvgIpc) is 2.90. The van der Waals surface area contributed by atoms with Gasteiger partial charge in [0.25, 0.3) is 0 Å². The zero-order valence-corrected chi connectivity index (χ0v) is 10.3. The third-order valence-corrected chi connectivity index (χ3v) is 3.11. The molecule has 3 rings (SSSR count). The summed E-state index contributed by atoms with van der Waals surface area (Å²) < 4.78 is 1.59. The molecule has 2 N–H and O–H groups in total. The van der Waals surface area contributed by atoms with E-state index in [4.69, 9.17) is 0 Å². The Morgan fingerprint density at radius 2 is 2.37 bits per heavy atom. The normalized spacial score (nSPS) is 21.7. The van der Waals surface area contributed by atoms with E-state index in [0.29, 0.717) is 18.9 Å². The highest BCUT2D eigenvalue weighted by atomic mass is 16.5. The van der Waals surface area contributed by atoms with E-state index in [1.807, 2.05) is 0 Å². The molecule has 19 heavy (non-hydrogen) atoms. The fraction of sp³-hybridized carbons (Fsp3) is 0.364. The first-order valence-electron chi connectivity index (χ1n) is 5.86. The Hall–Kier alpha value is -2.35. The van der Waals surface area contributed by atoms with Gasteiger partial charge in [0.15, 0.2) is 5.82 Å². The number of hydroxylamine groups is 2. The molecule has 8 heteroatoms. The van der Waals surface area contributed by atoms with Crippen molar-refractivity contribution in [3.63, 3.8) is 0 Å². The van der Waals surface area contributed by atoms with Crippen LogP contribution in [-0.4, -0.2) is 56.0 Å². The van der Waals surface area contributed by atoms with Crippen LogP contribution in [0.2, 0.25) is 0 Å². The summed E-state index contributed by atoms with van der Waals surface area (Å²) in [5, 5.41) is 17.1. The van der Waals surface area contributed by atoms with Crippen LogP contribution in [0.15, 0.2) is 18.3 Å². The third kappa shape index (κ3) is 1.95. The summed E-state index contributed by atoms with van der Waals surface area (Å²) in [6.45, 7) is 2.28. The van der Waals surface area contributed by atoms with Crippen LogP contribution in [-0.2, 0) is 4.79 Å². The average molecular weight is 263 g/mol. The Bertz CT molecular complexity index is 579. The number of nitrogens with one attached hydrogen (secondary N) is 1. The molecular weight excluding hydrogens is 250 g/mol. The summed E-state index contributed by atoms with van der Waals surface area (Å²) in [7, 11) is 0. The van der Waals surface area contributed by atoms with Crippen LogP contribution in [0.1, 0.15) is 6.92 Å². The first-order valence-corrected chi connectivity index (χ1v) is 5.86. The van der Waals surface area contributed by atoms with Crippen LogP contribution in [0.4, 0.5) is 10.6 Å². The van der Waals surface area contributed by atoms with E-state index < -0.39 is 6.03 Å². The van der Waals surface area contributed by atoms with Crippen molar-refractivity contribution in [2.24, 2.45) is 0 Å². The van der Waals surface area contributed by atoms with Crippen molar-refractivity contribution >= 4 is 23.5 Å². The van der Waals surface area contributed by atoms with E-state index >= 15 is 0 Å². The van der Waals surface area contributed by atoms with Crippen molar-refractivity contribution in [2.75, 3.05) is 18.4 Å². The summed E-state index contributed by atoms with van der Waals surface area (Å²) >= 11 is 0. The van der Waals surface area contributed by atoms with Crippen molar-refractivity contribution < 1.29 is 14.8 Å². The highest BCUT2D eigenvalue weighted by Gasteiger charge is 2.39. The molecule has 0 radical (unpaired) electrons. The smallest absolute Gasteiger partial charge is 0.314 e. The van der Waals surface area contributed by atoms with Gasteiger partial charge in [0, 0.05) is 25.7 Å². The zero-order valence-electron chi connectivity index (χ0n) is 10.3. The summed E-state index contributed by atoms with van der Waals surface area (Å²) in [5.41, 5.74) is 0.790. The molecule has 100 valence electrons. The van der Waals surface area contributed by atoms with Crippen molar-refractivity contribution in [1.29, 1.82) is 0 Å². The lowest BCUT2D eigenvalue weighted by Crippen LogP contribution is -2.31. The Morgan fingerprint density at radius 1 is 1.58 bits per heavy atom. The fourth-order valence-corrected chi connectivity index (χ4v) is 2.27. The molecule has 1 fully saturated rings. The van der Waals surface area contributed by atoms with Crippen LogP contribution >= 0.6 is 0 Å². The number of urea groups is 1. The maximum Gasteiger partial charge on any atom is 0.344 e. The Balaban J connectivity index is 1.84. The lowest BCUT2D eigenvalue weighted by Gasteiger charge is -2.20. The molecule has 1 aromatic heterocycles. The van der Waals surface area contributed by atoms with Gasteiger partial charge in [0.1, 0.15) is 0 Å². The van der Waals surface area contributed by atoms with Gasteiger partial charge in [-0.25, -0.2) is 9.48 Å². The number of fused-ring (bicyclic) bond motifs is 2. The first-order chi connectivity index (χ1) is 9.04. The minimum Gasteiger partial charge on any atom is -0.314 e. The summed E-state index contributed by atoms with van der Waals surface area (Å²) in [6, 6.07) is 0.933. The molecule has 0 aromatic carbocycles. The van der Waals surface area contributed by atoms with Crippen molar-refractivity contribution in [3.8, 4) is 0 Å². The van der Waals surface area contributed by atoms with Gasteiger partial charge in [0.2, 0.25) is 5.91 Å². The molecule has 0 saturated carbocycles. The number of rotatable bonds is 2. The van der Waals surface area contributed by atoms with E-state index in [1.165, 1.54) is 6.92 Å². The van der Waals surface area contributed by atoms with E-state index in [2.05, 4.69) is 10.4 Å². The number of carbonyl (C=O) groups excluding carboxylic acids is 2. The van der Waals surface area contributed by atoms with Crippen molar-refractivity contribution in [1.82, 2.24) is 19.7 Å². The molecule has 0 aliphatic carbocycles. The van der Waals surface area contributed by atoms with E-state index in [9.17, 15) is 14.8 Å². The van der Waals surface area contributed by atoms with Crippen LogP contribution in [0.3, 0.4) is 0 Å². The minimum atomic E-state index is -0.398. The predicted molar refractivity (Wildman–Crippen MR) is 65.2 cm³/mol. The van der Waals surface area contributed by atoms with Gasteiger partial charge in [-0.3, -0.25) is 10.0 Å². The molecule has 0 spiro atoms. The number of hydrogen-bond donors (Lipinski definition) is 2. The number of hydrogen-bond acceptors (Lipinski definition) is 4. The van der Waals surface area contributed by atoms with Crippen molar-refractivity contribution in [3.05, 3.63) is 18.3 Å². The minimum absolute atomic E-state index is 0.191. The van der Waals surface area contributed by atoms with Gasteiger partial charge in [-0.1, -0.05) is 0 Å². The maximum absolute atomic E-state index is 11.6. The first kappa shape index (κ1) is 11.7. The number of amides is 3. The molecular formula is C11H13N5O3. The topological polar surface area (TPSA) is 90.7 Å². The third-order valence-electron chi connectivity index (χ3n) is 3.11. The highest BCUT2D eigenvalue weighted by Crippen LogP contribution is 2.25. The van der Waals surface area contributed by atoms with E-state index in [1.54, 1.807) is 27.9 Å². The van der Waals surface area contributed by atoms with Crippen LogP contribution < -0.4 is 5.32 Å². The van der Waals surface area contributed by atoms with E-state index in [-0.39, 0.29) is 11.9 Å². The summed E-state index contributed by atoms with van der Waals surface area (Å²) in [6.07, 6.45) is 3.50. The lowest BCUT2D eigenvalue weighted by molar-refractivity contribution is -0.114. The quantitative estimate of drug-likeness (QED) is 0.745. The van der Waals surface area contributed by atoms with Crippen molar-refractivity contribution in [2.45, 2.75) is 13.0 Å². The predicted octanol–water partition coefficient (Wildman–Crippen LogP) is 0.191. The molecule has 1 atom stereocenters. The standard InChI is InChI=1S/C11H13N5O3/c1-7(17)12-10-2-3-15(13-10)8-4-9-6-14(5-8)11(18)16(9)19/h2-4,9,19H,5-6H2,1H3,(H,12,13,17). The fourth-order valence-electron chi connectivity index (χ4n) is 2.27. The summed E-state index contributed by atoms with van der Waals surface area (Å²) in [5.74, 6) is 0.261. The van der Waals surface area contributed by atoms with Crippen LogP contribution in [0, 0.1) is 0 Å². The zero-order chi connectivity index (χ0) is 13.6. The van der Waals surface area contributed by atoms with Crippen LogP contribution in [0.25, 0.3) is 5.70 Å². The van der Waals surface area contributed by atoms with Gasteiger partial charge in [-0.15, -0.1) is 0 Å².